The molecule has 2 aliphatic rings. The fraction of sp³-hybridized carbons (Fsp3) is 0.520. The van der Waals surface area contributed by atoms with E-state index >= 15 is 0 Å². The van der Waals surface area contributed by atoms with Crippen molar-refractivity contribution >= 4 is 0 Å². The highest BCUT2D eigenvalue weighted by molar-refractivity contribution is 5.43. The molecule has 0 saturated carbocycles. The molecule has 2 unspecified atom stereocenters. The lowest BCUT2D eigenvalue weighted by atomic mass is 9.70. The minimum absolute atomic E-state index is 0.153. The Labute approximate surface area is 337 Å². The summed E-state index contributed by atoms with van der Waals surface area (Å²) in [5, 5.41) is 0. The Balaban J connectivity index is 1.01. The van der Waals surface area contributed by atoms with E-state index in [0.717, 1.165) is 36.7 Å². The number of ether oxygens (including phenoxy) is 6. The largest absolute Gasteiger partial charge is 0.491 e. The molecule has 2 atom stereocenters. The lowest BCUT2D eigenvalue weighted by Gasteiger charge is -2.43. The number of benzene rings is 4. The summed E-state index contributed by atoms with van der Waals surface area (Å²) >= 11 is 0. The molecule has 302 valence electrons. The first-order valence-electron chi connectivity index (χ1n) is 20.5. The normalized spacial score (nSPS) is 17.8. The molecule has 56 heavy (non-hydrogen) atoms. The molecule has 0 radical (unpaired) electrons. The highest BCUT2D eigenvalue weighted by Gasteiger charge is 2.40. The summed E-state index contributed by atoms with van der Waals surface area (Å²) in [5.41, 5.74) is 5.69. The van der Waals surface area contributed by atoms with Gasteiger partial charge in [0, 0.05) is 22.7 Å². The highest BCUT2D eigenvalue weighted by atomic mass is 16.6. The molecule has 0 amide bonds. The van der Waals surface area contributed by atoms with Crippen molar-refractivity contribution in [3.63, 3.8) is 0 Å². The molecule has 0 spiro atoms. The van der Waals surface area contributed by atoms with Crippen LogP contribution in [0.4, 0.5) is 0 Å². The smallest absolute Gasteiger partial charge is 0.120 e. The fourth-order valence-electron chi connectivity index (χ4n) is 7.19. The Morgan fingerprint density at radius 1 is 0.482 bits per heavy atom. The van der Waals surface area contributed by atoms with Crippen LogP contribution in [0, 0.1) is 0 Å². The van der Waals surface area contributed by atoms with Crippen LogP contribution in [0.1, 0.15) is 123 Å². The lowest BCUT2D eigenvalue weighted by Crippen LogP contribution is -2.46. The lowest BCUT2D eigenvalue weighted by molar-refractivity contribution is -0.0800. The third-order valence-electron chi connectivity index (χ3n) is 12.7. The summed E-state index contributed by atoms with van der Waals surface area (Å²) in [7, 11) is 0. The van der Waals surface area contributed by atoms with Gasteiger partial charge in [-0.2, -0.15) is 0 Å². The Bertz CT molecular complexity index is 1880. The molecule has 0 bridgehead atoms. The van der Waals surface area contributed by atoms with E-state index in [1.165, 1.54) is 27.8 Å². The molecule has 2 aliphatic heterocycles. The zero-order chi connectivity index (χ0) is 40.6. The molecule has 2 saturated heterocycles. The van der Waals surface area contributed by atoms with Crippen molar-refractivity contribution in [1.29, 1.82) is 0 Å². The minimum atomic E-state index is -0.415. The van der Waals surface area contributed by atoms with Crippen molar-refractivity contribution in [2.45, 2.75) is 135 Å². The van der Waals surface area contributed by atoms with Crippen molar-refractivity contribution in [2.24, 2.45) is 0 Å². The second-order valence-electron chi connectivity index (χ2n) is 19.1. The van der Waals surface area contributed by atoms with Gasteiger partial charge in [-0.05, 0) is 99.2 Å². The van der Waals surface area contributed by atoms with E-state index < -0.39 is 11.2 Å². The Morgan fingerprint density at radius 3 is 1.34 bits per heavy atom. The Hall–Kier alpha value is -3.68. The maximum atomic E-state index is 6.69. The second-order valence-corrected chi connectivity index (χ2v) is 19.1. The van der Waals surface area contributed by atoms with Crippen molar-refractivity contribution in [2.75, 3.05) is 33.0 Å². The van der Waals surface area contributed by atoms with E-state index in [2.05, 4.69) is 180 Å². The van der Waals surface area contributed by atoms with E-state index in [4.69, 9.17) is 28.4 Å². The molecule has 0 aliphatic carbocycles. The molecule has 2 heterocycles. The molecular formula is C50H66O6. The maximum Gasteiger partial charge on any atom is 0.120 e. The molecule has 6 nitrogen and oxygen atoms in total. The third kappa shape index (κ3) is 9.88. The first kappa shape index (κ1) is 41.9. The molecule has 0 aromatic heterocycles. The van der Waals surface area contributed by atoms with Gasteiger partial charge in [-0.3, -0.25) is 0 Å². The van der Waals surface area contributed by atoms with Gasteiger partial charge in [0.15, 0.2) is 0 Å². The predicted molar refractivity (Wildman–Crippen MR) is 226 cm³/mol. The quantitative estimate of drug-likeness (QED) is 0.0887. The van der Waals surface area contributed by atoms with E-state index in [1.807, 2.05) is 0 Å². The zero-order valence-corrected chi connectivity index (χ0v) is 36.1. The van der Waals surface area contributed by atoms with Crippen LogP contribution in [0.2, 0.25) is 0 Å². The average Bonchev–Trinajstić information content (AvgIpc) is 4.10. The Kier molecular flexibility index (Phi) is 11.9. The second kappa shape index (κ2) is 15.9. The molecule has 6 heteroatoms. The van der Waals surface area contributed by atoms with Crippen molar-refractivity contribution < 1.29 is 28.4 Å². The van der Waals surface area contributed by atoms with Gasteiger partial charge in [0.05, 0.1) is 37.6 Å². The summed E-state index contributed by atoms with van der Waals surface area (Å²) in [4.78, 5) is 0. The van der Waals surface area contributed by atoms with Gasteiger partial charge >= 0.3 is 0 Å². The van der Waals surface area contributed by atoms with Gasteiger partial charge in [0.2, 0.25) is 0 Å². The van der Waals surface area contributed by atoms with Crippen molar-refractivity contribution in [1.82, 2.24) is 0 Å². The van der Waals surface area contributed by atoms with Gasteiger partial charge in [-0.15, -0.1) is 0 Å². The first-order valence-corrected chi connectivity index (χ1v) is 20.5. The van der Waals surface area contributed by atoms with Crippen LogP contribution < -0.4 is 9.47 Å². The van der Waals surface area contributed by atoms with Crippen LogP contribution in [-0.4, -0.2) is 56.4 Å². The Morgan fingerprint density at radius 2 is 0.875 bits per heavy atom. The van der Waals surface area contributed by atoms with Crippen molar-refractivity contribution in [3.8, 4) is 11.5 Å². The van der Waals surface area contributed by atoms with Crippen LogP contribution in [0.5, 0.6) is 11.5 Å². The third-order valence-corrected chi connectivity index (χ3v) is 12.7. The monoisotopic (exact) mass is 762 g/mol. The van der Waals surface area contributed by atoms with Gasteiger partial charge in [-0.1, -0.05) is 114 Å². The summed E-state index contributed by atoms with van der Waals surface area (Å²) in [6, 6.07) is 34.9. The summed E-state index contributed by atoms with van der Waals surface area (Å²) in [6.45, 7) is 30.0. The van der Waals surface area contributed by atoms with Gasteiger partial charge < -0.3 is 28.4 Å². The van der Waals surface area contributed by atoms with Crippen molar-refractivity contribution in [3.05, 3.63) is 130 Å². The van der Waals surface area contributed by atoms with E-state index in [0.29, 0.717) is 19.8 Å². The number of epoxide rings is 2. The standard InChI is InChI=1S/C50H66O6/c1-45(2,56-42-27-23-38(24-28-42)47(5,6)36-15-19-40(20-16-36)49(9,10)55-34-44-33-53-44)29-30-54-50(11,12)48(7,8)39-17-13-35(14-18-39)46(3,4)37-21-25-41(26-22-37)51-31-43-32-52-43/h13-28,43-44H,29-34H2,1-12H3. The van der Waals surface area contributed by atoms with Crippen LogP contribution >= 0.6 is 0 Å². The molecule has 0 N–H and O–H groups in total. The molecular weight excluding hydrogens is 697 g/mol. The number of hydrogen-bond acceptors (Lipinski definition) is 6. The minimum Gasteiger partial charge on any atom is -0.491 e. The number of rotatable bonds is 19. The van der Waals surface area contributed by atoms with Crippen LogP contribution in [0.15, 0.2) is 97.1 Å². The molecule has 6 rings (SSSR count). The number of hydrogen-bond donors (Lipinski definition) is 0. The van der Waals surface area contributed by atoms with E-state index in [-0.39, 0.29) is 34.1 Å². The van der Waals surface area contributed by atoms with E-state index in [9.17, 15) is 0 Å². The van der Waals surface area contributed by atoms with E-state index in [1.54, 1.807) is 0 Å². The topological polar surface area (TPSA) is 62.0 Å². The predicted octanol–water partition coefficient (Wildman–Crippen LogP) is 11.1. The average molecular weight is 763 g/mol. The summed E-state index contributed by atoms with van der Waals surface area (Å²) in [5.74, 6) is 1.74. The summed E-state index contributed by atoms with van der Waals surface area (Å²) < 4.78 is 35.9. The van der Waals surface area contributed by atoms with Gasteiger partial charge in [0.25, 0.3) is 0 Å². The summed E-state index contributed by atoms with van der Waals surface area (Å²) in [6.07, 6.45) is 1.26. The van der Waals surface area contributed by atoms with Gasteiger partial charge in [0.1, 0.15) is 35.9 Å². The maximum absolute atomic E-state index is 6.69. The molecule has 4 aromatic carbocycles. The highest BCUT2D eigenvalue weighted by Crippen LogP contribution is 2.40. The van der Waals surface area contributed by atoms with Crippen LogP contribution in [0.3, 0.4) is 0 Å². The van der Waals surface area contributed by atoms with Crippen LogP contribution in [-0.2, 0) is 40.8 Å². The van der Waals surface area contributed by atoms with Crippen LogP contribution in [0.25, 0.3) is 0 Å². The SMILES string of the molecule is CC(C)(CCOC(C)(C)C(C)(C)c1ccc(C(C)(C)c2ccc(OCC3CO3)cc2)cc1)Oc1ccc(C(C)(C)c2ccc(C(C)(C)OCC3CO3)cc2)cc1. The molecule has 4 aromatic rings. The zero-order valence-electron chi connectivity index (χ0n) is 36.1. The first-order chi connectivity index (χ1) is 26.2. The molecule has 2 fully saturated rings. The fourth-order valence-corrected chi connectivity index (χ4v) is 7.19. The van der Waals surface area contributed by atoms with Gasteiger partial charge in [-0.25, -0.2) is 0 Å².